The van der Waals surface area contributed by atoms with E-state index in [2.05, 4.69) is 10.6 Å². The predicted molar refractivity (Wildman–Crippen MR) is 94.9 cm³/mol. The molecule has 1 aromatic carbocycles. The number of hydrogen-bond acceptors (Lipinski definition) is 3. The Morgan fingerprint density at radius 3 is 2.61 bits per heavy atom. The lowest BCUT2D eigenvalue weighted by Crippen LogP contribution is -2.37. The highest BCUT2D eigenvalue weighted by Crippen LogP contribution is 2.25. The zero-order chi connectivity index (χ0) is 15.9. The number of benzene rings is 1. The maximum absolute atomic E-state index is 12.2. The third-order valence-corrected chi connectivity index (χ3v) is 4.10. The molecule has 0 aliphatic heterocycles. The number of halogens is 1. The number of nitrogens with one attached hydrogen (secondary N) is 2. The molecule has 1 atom stereocenters. The second-order valence-electron chi connectivity index (χ2n) is 6.02. The highest BCUT2D eigenvalue weighted by molar-refractivity contribution is 5.97. The summed E-state index contributed by atoms with van der Waals surface area (Å²) in [5, 5.41) is 5.74. The van der Waals surface area contributed by atoms with Crippen LogP contribution < -0.4 is 16.4 Å². The summed E-state index contributed by atoms with van der Waals surface area (Å²) in [4.78, 5) is 24.3. The van der Waals surface area contributed by atoms with Gasteiger partial charge in [-0.3, -0.25) is 9.59 Å². The standard InChI is InChI=1S/C17H25N3O2.ClH/c1-12(11-18)19-17(22)14-8-5-9-15(10-14)20-16(21)13-6-3-2-4-7-13;/h5,8-10,12-13H,2-4,6-7,11,18H2,1H3,(H,19,22)(H,20,21);1H/t12-;/m0./s1. The first kappa shape index (κ1) is 19.5. The third-order valence-electron chi connectivity index (χ3n) is 4.10. The molecule has 2 rings (SSSR count). The summed E-state index contributed by atoms with van der Waals surface area (Å²) in [7, 11) is 0. The Bertz CT molecular complexity index is 530. The van der Waals surface area contributed by atoms with Crippen molar-refractivity contribution < 1.29 is 9.59 Å². The number of carbonyl (C=O) groups excluding carboxylic acids is 2. The minimum atomic E-state index is -0.174. The second-order valence-corrected chi connectivity index (χ2v) is 6.02. The normalized spacial score (nSPS) is 16.1. The van der Waals surface area contributed by atoms with Gasteiger partial charge in [-0.1, -0.05) is 25.3 Å². The van der Waals surface area contributed by atoms with Crippen molar-refractivity contribution in [1.82, 2.24) is 5.32 Å². The zero-order valence-corrected chi connectivity index (χ0v) is 14.3. The minimum Gasteiger partial charge on any atom is -0.348 e. The molecule has 4 N–H and O–H groups in total. The molecule has 23 heavy (non-hydrogen) atoms. The van der Waals surface area contributed by atoms with Gasteiger partial charge in [-0.25, -0.2) is 0 Å². The van der Waals surface area contributed by atoms with Crippen molar-refractivity contribution in [1.29, 1.82) is 0 Å². The largest absolute Gasteiger partial charge is 0.348 e. The van der Waals surface area contributed by atoms with Gasteiger partial charge >= 0.3 is 0 Å². The summed E-state index contributed by atoms with van der Waals surface area (Å²) in [6.07, 6.45) is 5.38. The average Bonchev–Trinajstić information content (AvgIpc) is 2.55. The second kappa shape index (κ2) is 9.53. The average molecular weight is 340 g/mol. The minimum absolute atomic E-state index is 0. The molecule has 1 aromatic rings. The van der Waals surface area contributed by atoms with E-state index in [4.69, 9.17) is 5.73 Å². The summed E-state index contributed by atoms with van der Waals surface area (Å²) in [6, 6.07) is 6.95. The molecule has 1 aliphatic rings. The highest BCUT2D eigenvalue weighted by atomic mass is 35.5. The van der Waals surface area contributed by atoms with E-state index in [9.17, 15) is 9.59 Å². The van der Waals surface area contributed by atoms with Crippen LogP contribution in [0.5, 0.6) is 0 Å². The van der Waals surface area contributed by atoms with Crippen molar-refractivity contribution in [2.45, 2.75) is 45.1 Å². The lowest BCUT2D eigenvalue weighted by atomic mass is 9.88. The van der Waals surface area contributed by atoms with E-state index in [0.29, 0.717) is 17.8 Å². The van der Waals surface area contributed by atoms with Crippen molar-refractivity contribution >= 4 is 29.9 Å². The van der Waals surface area contributed by atoms with Crippen LogP contribution in [-0.4, -0.2) is 24.4 Å². The highest BCUT2D eigenvalue weighted by Gasteiger charge is 2.21. The smallest absolute Gasteiger partial charge is 0.251 e. The molecular formula is C17H26ClN3O2. The van der Waals surface area contributed by atoms with E-state index in [1.807, 2.05) is 13.0 Å². The van der Waals surface area contributed by atoms with Crippen LogP contribution >= 0.6 is 12.4 Å². The summed E-state index contributed by atoms with van der Waals surface area (Å²) >= 11 is 0. The molecule has 1 fully saturated rings. The Morgan fingerprint density at radius 1 is 1.26 bits per heavy atom. The molecule has 1 aliphatic carbocycles. The van der Waals surface area contributed by atoms with E-state index in [1.165, 1.54) is 6.42 Å². The quantitative estimate of drug-likeness (QED) is 0.771. The molecular weight excluding hydrogens is 314 g/mol. The number of amides is 2. The first-order valence-corrected chi connectivity index (χ1v) is 8.02. The van der Waals surface area contributed by atoms with E-state index in [1.54, 1.807) is 18.2 Å². The fourth-order valence-electron chi connectivity index (χ4n) is 2.71. The maximum atomic E-state index is 12.2. The van der Waals surface area contributed by atoms with Crippen molar-refractivity contribution in [2.24, 2.45) is 11.7 Å². The molecule has 1 saturated carbocycles. The predicted octanol–water partition coefficient (Wildman–Crippen LogP) is 2.70. The summed E-state index contributed by atoms with van der Waals surface area (Å²) in [5.41, 5.74) is 6.70. The van der Waals surface area contributed by atoms with E-state index in [0.717, 1.165) is 25.7 Å². The molecule has 2 amide bonds. The van der Waals surface area contributed by atoms with Crippen LogP contribution in [0, 0.1) is 5.92 Å². The molecule has 0 aromatic heterocycles. The van der Waals surface area contributed by atoms with Gasteiger partial charge in [-0.05, 0) is 38.0 Å². The summed E-state index contributed by atoms with van der Waals surface area (Å²) < 4.78 is 0. The van der Waals surface area contributed by atoms with Gasteiger partial charge in [0.2, 0.25) is 5.91 Å². The molecule has 6 heteroatoms. The van der Waals surface area contributed by atoms with Crippen molar-refractivity contribution in [2.75, 3.05) is 11.9 Å². The SMILES string of the molecule is C[C@@H](CN)NC(=O)c1cccc(NC(=O)C2CCCCC2)c1.Cl. The molecule has 0 bridgehead atoms. The van der Waals surface area contributed by atoms with Gasteiger partial charge in [0.25, 0.3) is 5.91 Å². The summed E-state index contributed by atoms with van der Waals surface area (Å²) in [6.45, 7) is 2.25. The number of hydrogen-bond donors (Lipinski definition) is 3. The number of rotatable bonds is 5. The van der Waals surface area contributed by atoms with Crippen molar-refractivity contribution in [3.05, 3.63) is 29.8 Å². The molecule has 0 radical (unpaired) electrons. The van der Waals surface area contributed by atoms with Gasteiger partial charge < -0.3 is 16.4 Å². The Kier molecular flexibility index (Phi) is 8.06. The molecule has 0 unspecified atom stereocenters. The molecule has 5 nitrogen and oxygen atoms in total. The monoisotopic (exact) mass is 339 g/mol. The van der Waals surface area contributed by atoms with Gasteiger partial charge in [0.15, 0.2) is 0 Å². The van der Waals surface area contributed by atoms with Gasteiger partial charge in [-0.15, -0.1) is 12.4 Å². The molecule has 0 saturated heterocycles. The number of nitrogens with two attached hydrogens (primary N) is 1. The Morgan fingerprint density at radius 2 is 1.96 bits per heavy atom. The lowest BCUT2D eigenvalue weighted by Gasteiger charge is -2.21. The lowest BCUT2D eigenvalue weighted by molar-refractivity contribution is -0.120. The Labute approximate surface area is 143 Å². The summed E-state index contributed by atoms with van der Waals surface area (Å²) in [5.74, 6) is -0.0113. The van der Waals surface area contributed by atoms with Crippen LogP contribution in [0.4, 0.5) is 5.69 Å². The number of carbonyl (C=O) groups is 2. The molecule has 0 spiro atoms. The van der Waals surface area contributed by atoms with Crippen molar-refractivity contribution in [3.8, 4) is 0 Å². The first-order chi connectivity index (χ1) is 10.6. The van der Waals surface area contributed by atoms with Gasteiger partial charge in [-0.2, -0.15) is 0 Å². The van der Waals surface area contributed by atoms with Crippen LogP contribution in [0.1, 0.15) is 49.4 Å². The first-order valence-electron chi connectivity index (χ1n) is 8.02. The van der Waals surface area contributed by atoms with Crippen LogP contribution in [0.25, 0.3) is 0 Å². The van der Waals surface area contributed by atoms with Crippen LogP contribution in [-0.2, 0) is 4.79 Å². The molecule has 0 heterocycles. The Balaban J connectivity index is 0.00000264. The van der Waals surface area contributed by atoms with Gasteiger partial charge in [0.1, 0.15) is 0 Å². The topological polar surface area (TPSA) is 84.2 Å². The van der Waals surface area contributed by atoms with Crippen molar-refractivity contribution in [3.63, 3.8) is 0 Å². The maximum Gasteiger partial charge on any atom is 0.251 e. The van der Waals surface area contributed by atoms with Crippen LogP contribution in [0.3, 0.4) is 0 Å². The van der Waals surface area contributed by atoms with Crippen LogP contribution in [0.2, 0.25) is 0 Å². The van der Waals surface area contributed by atoms with E-state index < -0.39 is 0 Å². The Hall–Kier alpha value is -1.59. The number of anilines is 1. The van der Waals surface area contributed by atoms with Gasteiger partial charge in [0.05, 0.1) is 0 Å². The van der Waals surface area contributed by atoms with E-state index in [-0.39, 0.29) is 36.2 Å². The third kappa shape index (κ3) is 5.84. The van der Waals surface area contributed by atoms with Gasteiger partial charge in [0, 0.05) is 29.8 Å². The van der Waals surface area contributed by atoms with Crippen LogP contribution in [0.15, 0.2) is 24.3 Å². The fraction of sp³-hybridized carbons (Fsp3) is 0.529. The molecule has 128 valence electrons. The zero-order valence-electron chi connectivity index (χ0n) is 13.5. The fourth-order valence-corrected chi connectivity index (χ4v) is 2.71. The van der Waals surface area contributed by atoms with E-state index >= 15 is 0 Å².